The van der Waals surface area contributed by atoms with Crippen LogP contribution >= 0.6 is 11.3 Å². The minimum Gasteiger partial charge on any atom is -0.455 e. The van der Waals surface area contributed by atoms with Crippen LogP contribution in [0.1, 0.15) is 0 Å². The van der Waals surface area contributed by atoms with E-state index in [0.29, 0.717) is 0 Å². The molecule has 3 nitrogen and oxygen atoms in total. The maximum absolute atomic E-state index is 6.52. The second-order valence-corrected chi connectivity index (χ2v) is 15.8. The number of benzene rings is 8. The van der Waals surface area contributed by atoms with Gasteiger partial charge >= 0.3 is 0 Å². The van der Waals surface area contributed by atoms with Crippen molar-refractivity contribution in [1.82, 2.24) is 9.55 Å². The second kappa shape index (κ2) is 12.6. The third-order valence-corrected chi connectivity index (χ3v) is 12.6. The van der Waals surface area contributed by atoms with Crippen LogP contribution in [0.15, 0.2) is 199 Å². The van der Waals surface area contributed by atoms with Gasteiger partial charge in [-0.05, 0) is 82.9 Å². The predicted molar refractivity (Wildman–Crippen MR) is 240 cm³/mol. The lowest BCUT2D eigenvalue weighted by Crippen LogP contribution is -1.94. The number of thiophene rings is 1. The highest BCUT2D eigenvalue weighted by molar-refractivity contribution is 7.26. The van der Waals surface area contributed by atoms with Crippen LogP contribution in [-0.2, 0) is 0 Å². The zero-order valence-corrected chi connectivity index (χ0v) is 31.5. The SMILES string of the molecule is c1ccc(-c2ccc(-c3cc(-c4ccc(-n5c6ccccc6c6c7c(ccc65)sc5ccccc57)cc4)cc(-c4cccc5c4oc4ccccc45)n3)cc2)cc1. The molecule has 12 aromatic rings. The Kier molecular flexibility index (Phi) is 7.10. The normalized spacial score (nSPS) is 11.9. The Morgan fingerprint density at radius 1 is 0.404 bits per heavy atom. The zero-order chi connectivity index (χ0) is 37.5. The van der Waals surface area contributed by atoms with Gasteiger partial charge in [0.2, 0.25) is 0 Å². The van der Waals surface area contributed by atoms with Crippen LogP contribution in [0.3, 0.4) is 0 Å². The van der Waals surface area contributed by atoms with Crippen molar-refractivity contribution in [3.8, 4) is 50.5 Å². The first-order valence-corrected chi connectivity index (χ1v) is 20.1. The Balaban J connectivity index is 1.02. The van der Waals surface area contributed by atoms with Crippen molar-refractivity contribution in [3.63, 3.8) is 0 Å². The summed E-state index contributed by atoms with van der Waals surface area (Å²) in [5.41, 5.74) is 13.7. The van der Waals surface area contributed by atoms with Crippen molar-refractivity contribution < 1.29 is 4.42 Å². The van der Waals surface area contributed by atoms with Crippen molar-refractivity contribution >= 4 is 75.3 Å². The monoisotopic (exact) mass is 744 g/mol. The number of nitrogens with zero attached hydrogens (tertiary/aromatic N) is 2. The van der Waals surface area contributed by atoms with Crippen LogP contribution in [0.25, 0.3) is 114 Å². The molecular formula is C53H32N2OS. The van der Waals surface area contributed by atoms with Crippen LogP contribution < -0.4 is 0 Å². The number of furan rings is 1. The molecule has 0 saturated carbocycles. The average molecular weight is 745 g/mol. The van der Waals surface area contributed by atoms with E-state index < -0.39 is 0 Å². The molecule has 0 aliphatic heterocycles. The third-order valence-electron chi connectivity index (χ3n) is 11.4. The van der Waals surface area contributed by atoms with Crippen molar-refractivity contribution in [2.45, 2.75) is 0 Å². The predicted octanol–water partition coefficient (Wildman–Crippen LogP) is 15.1. The molecule has 4 heteroatoms. The van der Waals surface area contributed by atoms with Crippen LogP contribution in [0.2, 0.25) is 0 Å². The van der Waals surface area contributed by atoms with Crippen LogP contribution in [0.5, 0.6) is 0 Å². The number of rotatable bonds is 5. The molecule has 0 radical (unpaired) electrons. The first-order valence-electron chi connectivity index (χ1n) is 19.3. The quantitative estimate of drug-likeness (QED) is 0.176. The number of hydrogen-bond acceptors (Lipinski definition) is 3. The fourth-order valence-corrected chi connectivity index (χ4v) is 9.87. The minimum absolute atomic E-state index is 0.850. The standard InChI is InChI=1S/C53H32N2OS/c1-2-11-33(12-3-1)34-21-23-36(24-22-34)44-31-37(32-45(54-44)41-17-10-16-40-39-13-5-8-19-48(39)56-53(40)41)35-25-27-38(28-26-35)55-46-18-7-4-14-42(46)51-47(55)29-30-50-52(51)43-15-6-9-20-49(43)57-50/h1-32H. The first-order chi connectivity index (χ1) is 28.2. The molecule has 0 saturated heterocycles. The molecule has 8 aromatic carbocycles. The Labute approximate surface area is 332 Å². The van der Waals surface area contributed by atoms with Gasteiger partial charge in [0.15, 0.2) is 0 Å². The smallest absolute Gasteiger partial charge is 0.144 e. The molecule has 12 rings (SSSR count). The van der Waals surface area contributed by atoms with Crippen molar-refractivity contribution in [2.24, 2.45) is 0 Å². The highest BCUT2D eigenvalue weighted by Crippen LogP contribution is 2.44. The summed E-state index contributed by atoms with van der Waals surface area (Å²) < 4.78 is 11.6. The van der Waals surface area contributed by atoms with Gasteiger partial charge in [0.25, 0.3) is 0 Å². The van der Waals surface area contributed by atoms with E-state index in [1.165, 1.54) is 53.1 Å². The highest BCUT2D eigenvalue weighted by atomic mass is 32.1. The van der Waals surface area contributed by atoms with E-state index in [1.54, 1.807) is 0 Å². The van der Waals surface area contributed by atoms with Crippen LogP contribution in [-0.4, -0.2) is 9.55 Å². The lowest BCUT2D eigenvalue weighted by Gasteiger charge is -2.13. The van der Waals surface area contributed by atoms with Gasteiger partial charge in [0.1, 0.15) is 11.2 Å². The molecule has 0 aliphatic carbocycles. The molecule has 0 unspecified atom stereocenters. The second-order valence-electron chi connectivity index (χ2n) is 14.7. The molecule has 0 bridgehead atoms. The molecule has 0 spiro atoms. The Morgan fingerprint density at radius 2 is 1.05 bits per heavy atom. The molecule has 0 fully saturated rings. The lowest BCUT2D eigenvalue weighted by atomic mass is 9.98. The average Bonchev–Trinajstić information content (AvgIpc) is 3.96. The van der Waals surface area contributed by atoms with E-state index in [0.717, 1.165) is 61.3 Å². The van der Waals surface area contributed by atoms with Gasteiger partial charge in [-0.1, -0.05) is 133 Å². The molecule has 0 amide bonds. The molecular weight excluding hydrogens is 713 g/mol. The molecule has 0 atom stereocenters. The van der Waals surface area contributed by atoms with Gasteiger partial charge in [-0.25, -0.2) is 4.98 Å². The van der Waals surface area contributed by atoms with E-state index in [2.05, 4.69) is 187 Å². The van der Waals surface area contributed by atoms with E-state index >= 15 is 0 Å². The number of para-hydroxylation sites is 3. The van der Waals surface area contributed by atoms with E-state index in [9.17, 15) is 0 Å². The number of aromatic nitrogens is 2. The van der Waals surface area contributed by atoms with Gasteiger partial charge in [-0.3, -0.25) is 0 Å². The van der Waals surface area contributed by atoms with Gasteiger partial charge in [-0.15, -0.1) is 11.3 Å². The van der Waals surface area contributed by atoms with Crippen molar-refractivity contribution in [2.75, 3.05) is 0 Å². The highest BCUT2D eigenvalue weighted by Gasteiger charge is 2.19. The fraction of sp³-hybridized carbons (Fsp3) is 0. The summed E-state index contributed by atoms with van der Waals surface area (Å²) in [5.74, 6) is 0. The molecule has 266 valence electrons. The number of hydrogen-bond donors (Lipinski definition) is 0. The molecule has 0 N–H and O–H groups in total. The van der Waals surface area contributed by atoms with Crippen molar-refractivity contribution in [3.05, 3.63) is 194 Å². The van der Waals surface area contributed by atoms with Gasteiger partial charge in [-0.2, -0.15) is 0 Å². The van der Waals surface area contributed by atoms with E-state index in [-0.39, 0.29) is 0 Å². The summed E-state index contributed by atoms with van der Waals surface area (Å²) >= 11 is 1.87. The largest absolute Gasteiger partial charge is 0.455 e. The summed E-state index contributed by atoms with van der Waals surface area (Å²) in [6.07, 6.45) is 0. The minimum atomic E-state index is 0.850. The first kappa shape index (κ1) is 32.0. The molecule has 4 heterocycles. The zero-order valence-electron chi connectivity index (χ0n) is 30.7. The van der Waals surface area contributed by atoms with Gasteiger partial charge < -0.3 is 8.98 Å². The molecule has 4 aromatic heterocycles. The third kappa shape index (κ3) is 5.08. The van der Waals surface area contributed by atoms with Gasteiger partial charge in [0.05, 0.1) is 22.4 Å². The summed E-state index contributed by atoms with van der Waals surface area (Å²) in [5, 5.41) is 7.44. The van der Waals surface area contributed by atoms with Gasteiger partial charge in [0, 0.05) is 58.5 Å². The summed E-state index contributed by atoms with van der Waals surface area (Å²) in [7, 11) is 0. The Hall–Kier alpha value is -7.27. The Morgan fingerprint density at radius 3 is 1.91 bits per heavy atom. The molecule has 0 aliphatic rings. The maximum Gasteiger partial charge on any atom is 0.144 e. The van der Waals surface area contributed by atoms with E-state index in [1.807, 2.05) is 23.5 Å². The topological polar surface area (TPSA) is 31.0 Å². The lowest BCUT2D eigenvalue weighted by molar-refractivity contribution is 0.670. The summed E-state index contributed by atoms with van der Waals surface area (Å²) in [4.78, 5) is 5.33. The fourth-order valence-electron chi connectivity index (χ4n) is 8.75. The van der Waals surface area contributed by atoms with Crippen molar-refractivity contribution in [1.29, 1.82) is 0 Å². The Bertz CT molecular complexity index is 3500. The van der Waals surface area contributed by atoms with Crippen LogP contribution in [0, 0.1) is 0 Å². The summed E-state index contributed by atoms with van der Waals surface area (Å²) in [6.45, 7) is 0. The number of fused-ring (bicyclic) bond motifs is 10. The van der Waals surface area contributed by atoms with Crippen LogP contribution in [0.4, 0.5) is 0 Å². The maximum atomic E-state index is 6.52. The van der Waals surface area contributed by atoms with E-state index in [4.69, 9.17) is 9.40 Å². The number of pyridine rings is 1. The summed E-state index contributed by atoms with van der Waals surface area (Å²) in [6, 6.07) is 69.4. The molecule has 57 heavy (non-hydrogen) atoms.